The number of carbonyl (C=O) groups excluding carboxylic acids is 3. The van der Waals surface area contributed by atoms with Gasteiger partial charge in [-0.15, -0.1) is 0 Å². The first-order valence-electron chi connectivity index (χ1n) is 11.6. The molecule has 3 aliphatic rings. The van der Waals surface area contributed by atoms with Crippen molar-refractivity contribution in [1.82, 2.24) is 15.3 Å². The molecular formula is C23H25FN6O6. The van der Waals surface area contributed by atoms with Crippen LogP contribution < -0.4 is 30.7 Å². The second kappa shape index (κ2) is 9.93. The zero-order valence-corrected chi connectivity index (χ0v) is 19.3. The summed E-state index contributed by atoms with van der Waals surface area (Å²) in [6.45, 7) is 1.08. The first-order chi connectivity index (χ1) is 17.4. The highest BCUT2D eigenvalue weighted by Gasteiger charge is 2.34. The number of carbonyl (C=O) groups is 3. The fraction of sp³-hybridized carbons (Fsp3) is 0.435. The Hall–Kier alpha value is -4.00. The molecule has 36 heavy (non-hydrogen) atoms. The topological polar surface area (TPSA) is 158 Å². The van der Waals surface area contributed by atoms with Crippen LogP contribution in [-0.4, -0.2) is 66.8 Å². The molecule has 4 N–H and O–H groups in total. The van der Waals surface area contributed by atoms with Gasteiger partial charge in [0.05, 0.1) is 12.7 Å². The highest BCUT2D eigenvalue weighted by Crippen LogP contribution is 2.33. The van der Waals surface area contributed by atoms with Crippen LogP contribution in [0.15, 0.2) is 18.3 Å². The van der Waals surface area contributed by atoms with Gasteiger partial charge < -0.3 is 30.6 Å². The lowest BCUT2D eigenvalue weighted by molar-refractivity contribution is -0.120. The van der Waals surface area contributed by atoms with Gasteiger partial charge in [-0.3, -0.25) is 14.5 Å². The lowest BCUT2D eigenvalue weighted by Gasteiger charge is -2.18. The molecule has 2 aromatic rings. The third-order valence-corrected chi connectivity index (χ3v) is 6.23. The Labute approximate surface area is 205 Å². The maximum Gasteiger partial charge on any atom is 0.415 e. The summed E-state index contributed by atoms with van der Waals surface area (Å²) in [6, 6.07) is 3.35. The first-order valence-corrected chi connectivity index (χ1v) is 11.6. The van der Waals surface area contributed by atoms with Crippen LogP contribution in [0.2, 0.25) is 0 Å². The number of nitrogens with two attached hydrogens (primary N) is 1. The Morgan fingerprint density at radius 3 is 3.03 bits per heavy atom. The normalized spacial score (nSPS) is 20.3. The Kier molecular flexibility index (Phi) is 6.55. The number of halogens is 1. The number of hydrogen-bond acceptors (Lipinski definition) is 9. The van der Waals surface area contributed by atoms with E-state index in [1.807, 2.05) is 6.07 Å². The van der Waals surface area contributed by atoms with Crippen molar-refractivity contribution >= 4 is 29.5 Å². The molecule has 0 radical (unpaired) electrons. The van der Waals surface area contributed by atoms with Gasteiger partial charge in [0.15, 0.2) is 36.4 Å². The second-order valence-electron chi connectivity index (χ2n) is 8.87. The maximum atomic E-state index is 14.7. The molecule has 1 aromatic carbocycles. The van der Waals surface area contributed by atoms with Crippen molar-refractivity contribution in [2.45, 2.75) is 25.4 Å². The lowest BCUT2D eigenvalue weighted by atomic mass is 10.1. The molecule has 12 nitrogen and oxygen atoms in total. The van der Waals surface area contributed by atoms with Crippen LogP contribution in [0.4, 0.5) is 20.8 Å². The molecule has 3 heterocycles. The summed E-state index contributed by atoms with van der Waals surface area (Å²) in [6.07, 6.45) is 2.41. The third kappa shape index (κ3) is 5.00. The van der Waals surface area contributed by atoms with Crippen molar-refractivity contribution in [2.24, 2.45) is 11.7 Å². The average Bonchev–Trinajstić information content (AvgIpc) is 3.44. The summed E-state index contributed by atoms with van der Waals surface area (Å²) in [5, 5.41) is 5.93. The van der Waals surface area contributed by atoms with Gasteiger partial charge in [-0.05, 0) is 55.5 Å². The minimum absolute atomic E-state index is 0.0345. The highest BCUT2D eigenvalue weighted by molar-refractivity contribution is 5.94. The molecular weight excluding hydrogens is 475 g/mol. The predicted molar refractivity (Wildman–Crippen MR) is 123 cm³/mol. The third-order valence-electron chi connectivity index (χ3n) is 6.23. The van der Waals surface area contributed by atoms with Gasteiger partial charge in [0.2, 0.25) is 0 Å². The van der Waals surface area contributed by atoms with Crippen LogP contribution >= 0.6 is 0 Å². The number of fused-ring (bicyclic) bond motifs is 2. The maximum absolute atomic E-state index is 14.7. The van der Waals surface area contributed by atoms with E-state index in [9.17, 15) is 18.8 Å². The molecule has 5 rings (SSSR count). The van der Waals surface area contributed by atoms with Crippen molar-refractivity contribution in [2.75, 3.05) is 43.1 Å². The van der Waals surface area contributed by atoms with E-state index in [1.165, 1.54) is 17.2 Å². The van der Waals surface area contributed by atoms with Crippen LogP contribution in [0.5, 0.6) is 11.6 Å². The van der Waals surface area contributed by atoms with Crippen molar-refractivity contribution < 1.29 is 33.0 Å². The van der Waals surface area contributed by atoms with Crippen LogP contribution in [0, 0.1) is 11.7 Å². The molecule has 1 aliphatic carbocycles. The Balaban J connectivity index is 1.08. The SMILES string of the molecule is NC(=O)COc1ccc2c(c1F)CC(CNCCC1CN(c3cnc4c(n3)NC(=O)CO4)C(=O)O1)C2. The molecule has 1 fully saturated rings. The number of benzene rings is 1. The summed E-state index contributed by atoms with van der Waals surface area (Å²) in [7, 11) is 0. The van der Waals surface area contributed by atoms with Crippen LogP contribution in [0.3, 0.4) is 0 Å². The lowest BCUT2D eigenvalue weighted by Crippen LogP contribution is -2.30. The van der Waals surface area contributed by atoms with Crippen LogP contribution in [0.25, 0.3) is 0 Å². The molecule has 2 aliphatic heterocycles. The molecule has 1 saturated heterocycles. The number of aromatic nitrogens is 2. The Morgan fingerprint density at radius 2 is 2.19 bits per heavy atom. The van der Waals surface area contributed by atoms with Gasteiger partial charge in [0, 0.05) is 0 Å². The summed E-state index contributed by atoms with van der Waals surface area (Å²) in [5.74, 6) is -0.551. The molecule has 190 valence electrons. The molecule has 3 amide bonds. The van der Waals surface area contributed by atoms with E-state index >= 15 is 0 Å². The van der Waals surface area contributed by atoms with Crippen LogP contribution in [0.1, 0.15) is 17.5 Å². The molecule has 0 spiro atoms. The number of primary amides is 1. The van der Waals surface area contributed by atoms with Crippen molar-refractivity contribution in [3.05, 3.63) is 35.3 Å². The largest absolute Gasteiger partial charge is 0.481 e. The first kappa shape index (κ1) is 23.7. The van der Waals surface area contributed by atoms with E-state index in [0.29, 0.717) is 38.0 Å². The van der Waals surface area contributed by atoms with Crippen molar-refractivity contribution in [3.8, 4) is 11.6 Å². The van der Waals surface area contributed by atoms with Gasteiger partial charge in [0.25, 0.3) is 17.7 Å². The van der Waals surface area contributed by atoms with E-state index in [-0.39, 0.29) is 54.4 Å². The summed E-state index contributed by atoms with van der Waals surface area (Å²) >= 11 is 0. The molecule has 1 aromatic heterocycles. The van der Waals surface area contributed by atoms with E-state index in [0.717, 1.165) is 12.0 Å². The molecule has 0 bridgehead atoms. The van der Waals surface area contributed by atoms with E-state index in [1.54, 1.807) is 0 Å². The van der Waals surface area contributed by atoms with Gasteiger partial charge in [0.1, 0.15) is 6.10 Å². The average molecular weight is 500 g/mol. The number of nitrogens with zero attached hydrogens (tertiary/aromatic N) is 3. The van der Waals surface area contributed by atoms with E-state index < -0.39 is 17.8 Å². The molecule has 0 saturated carbocycles. The molecule has 13 heteroatoms. The number of hydrogen-bond donors (Lipinski definition) is 3. The minimum Gasteiger partial charge on any atom is -0.481 e. The number of ether oxygens (including phenoxy) is 3. The predicted octanol–water partition coefficient (Wildman–Crippen LogP) is 0.531. The quantitative estimate of drug-likeness (QED) is 0.418. The molecule has 2 atom stereocenters. The summed E-state index contributed by atoms with van der Waals surface area (Å²) in [4.78, 5) is 44.5. The monoisotopic (exact) mass is 500 g/mol. The van der Waals surface area contributed by atoms with Gasteiger partial charge in [-0.1, -0.05) is 6.07 Å². The number of cyclic esters (lactones) is 1. The fourth-order valence-corrected chi connectivity index (χ4v) is 4.54. The van der Waals surface area contributed by atoms with E-state index in [2.05, 4.69) is 20.6 Å². The number of rotatable bonds is 9. The second-order valence-corrected chi connectivity index (χ2v) is 8.87. The van der Waals surface area contributed by atoms with Gasteiger partial charge >= 0.3 is 6.09 Å². The summed E-state index contributed by atoms with van der Waals surface area (Å²) in [5.41, 5.74) is 6.60. The van der Waals surface area contributed by atoms with Gasteiger partial charge in [-0.2, -0.15) is 0 Å². The minimum atomic E-state index is -0.660. The molecule has 2 unspecified atom stereocenters. The number of amides is 3. The zero-order chi connectivity index (χ0) is 25.2. The fourth-order valence-electron chi connectivity index (χ4n) is 4.54. The van der Waals surface area contributed by atoms with Crippen molar-refractivity contribution in [3.63, 3.8) is 0 Å². The highest BCUT2D eigenvalue weighted by atomic mass is 19.1. The standard InChI is InChI=1S/C23H25FN6O6/c24-20-15-6-12(5-13(15)1-2-16(20)34-10-17(25)31)7-26-4-3-14-9-30(23(33)36-14)18-8-27-22-21(28-18)29-19(32)11-35-22/h1-2,8,12,14,26H,3-7,9-11H2,(H2,25,31)(H,28,29,32). The van der Waals surface area contributed by atoms with Gasteiger partial charge in [-0.25, -0.2) is 19.2 Å². The Bertz CT molecular complexity index is 1210. The summed E-state index contributed by atoms with van der Waals surface area (Å²) < 4.78 is 30.5. The Morgan fingerprint density at radius 1 is 1.33 bits per heavy atom. The number of nitrogens with one attached hydrogen (secondary N) is 2. The zero-order valence-electron chi connectivity index (χ0n) is 19.3. The van der Waals surface area contributed by atoms with E-state index in [4.69, 9.17) is 19.9 Å². The smallest absolute Gasteiger partial charge is 0.415 e. The van der Waals surface area contributed by atoms with Crippen molar-refractivity contribution in [1.29, 1.82) is 0 Å². The number of anilines is 2. The van der Waals surface area contributed by atoms with Crippen LogP contribution in [-0.2, 0) is 27.2 Å².